The predicted octanol–water partition coefficient (Wildman–Crippen LogP) is 5.26. The Labute approximate surface area is 167 Å². The largest absolute Gasteiger partial charge is 0.297 e. The summed E-state index contributed by atoms with van der Waals surface area (Å²) >= 11 is 5.60. The molecule has 5 rings (SSSR count). The number of aldehydes is 1. The van der Waals surface area contributed by atoms with Crippen LogP contribution >= 0.6 is 12.2 Å². The van der Waals surface area contributed by atoms with E-state index in [2.05, 4.69) is 19.9 Å². The minimum absolute atomic E-state index is 0.0374. The van der Waals surface area contributed by atoms with Gasteiger partial charge in [-0.05, 0) is 85.7 Å². The highest BCUT2D eigenvalue weighted by atomic mass is 32.1. The summed E-state index contributed by atoms with van der Waals surface area (Å²) in [6.07, 6.45) is 16.9. The van der Waals surface area contributed by atoms with E-state index in [0.717, 1.165) is 12.7 Å². The number of carbonyl (C=O) groups is 2. The van der Waals surface area contributed by atoms with Crippen molar-refractivity contribution in [1.82, 2.24) is 0 Å². The van der Waals surface area contributed by atoms with Crippen molar-refractivity contribution < 1.29 is 9.59 Å². The summed E-state index contributed by atoms with van der Waals surface area (Å²) in [5, 5.41) is 0. The highest BCUT2D eigenvalue weighted by Gasteiger charge is 2.66. The van der Waals surface area contributed by atoms with Crippen molar-refractivity contribution in [1.29, 1.82) is 0 Å². The molecule has 27 heavy (non-hydrogen) atoms. The molecule has 5 aliphatic rings. The quantitative estimate of drug-likeness (QED) is 0.482. The summed E-state index contributed by atoms with van der Waals surface area (Å²) in [4.78, 5) is 24.4. The lowest BCUT2D eigenvalue weighted by Crippen LogP contribution is -2.56. The standard InChI is InChI=1S/C24H30O2S/c1-22-9-4-16(26)12-15(22)13-17(20(27)14-25)21-18(22)5-10-23(2)19(21)6-11-24(23)7-3-8-24/h4,9,12,14,17-19,21H,3,5-8,10-11,13H2,1-2H3/t17-,18-,19-,21+,22-,23-/m0/s1. The van der Waals surface area contributed by atoms with E-state index in [4.69, 9.17) is 12.2 Å². The maximum atomic E-state index is 12.1. The van der Waals surface area contributed by atoms with Gasteiger partial charge >= 0.3 is 0 Å². The number of fused-ring (bicyclic) bond motifs is 6. The first kappa shape index (κ1) is 18.0. The van der Waals surface area contributed by atoms with Crippen molar-refractivity contribution in [2.45, 2.75) is 65.2 Å². The molecule has 3 heteroatoms. The maximum Gasteiger partial charge on any atom is 0.178 e. The molecule has 4 saturated carbocycles. The zero-order valence-corrected chi connectivity index (χ0v) is 17.3. The molecule has 0 radical (unpaired) electrons. The molecule has 2 nitrogen and oxygen atoms in total. The van der Waals surface area contributed by atoms with E-state index < -0.39 is 0 Å². The van der Waals surface area contributed by atoms with Crippen LogP contribution in [0.2, 0.25) is 0 Å². The van der Waals surface area contributed by atoms with Crippen LogP contribution in [0.1, 0.15) is 65.2 Å². The molecular weight excluding hydrogens is 352 g/mol. The van der Waals surface area contributed by atoms with E-state index in [-0.39, 0.29) is 17.1 Å². The van der Waals surface area contributed by atoms with E-state index in [1.807, 2.05) is 6.08 Å². The highest BCUT2D eigenvalue weighted by Crippen LogP contribution is 2.74. The van der Waals surface area contributed by atoms with E-state index in [0.29, 0.717) is 33.4 Å². The Morgan fingerprint density at radius 1 is 1.15 bits per heavy atom. The first-order valence-electron chi connectivity index (χ1n) is 10.8. The molecule has 0 N–H and O–H groups in total. The fourth-order valence-corrected chi connectivity index (χ4v) is 8.48. The molecule has 0 aromatic heterocycles. The van der Waals surface area contributed by atoms with Gasteiger partial charge in [-0.2, -0.15) is 0 Å². The van der Waals surface area contributed by atoms with Crippen LogP contribution in [0.15, 0.2) is 23.8 Å². The molecule has 0 unspecified atom stereocenters. The molecule has 0 amide bonds. The summed E-state index contributed by atoms with van der Waals surface area (Å²) in [5.41, 5.74) is 2.15. The molecule has 4 fully saturated rings. The van der Waals surface area contributed by atoms with Gasteiger partial charge in [0.2, 0.25) is 0 Å². The van der Waals surface area contributed by atoms with Gasteiger partial charge in [-0.1, -0.05) is 44.1 Å². The molecule has 0 saturated heterocycles. The normalized spacial score (nSPS) is 46.7. The topological polar surface area (TPSA) is 34.1 Å². The van der Waals surface area contributed by atoms with Gasteiger partial charge in [0.1, 0.15) is 0 Å². The summed E-state index contributed by atoms with van der Waals surface area (Å²) in [5.74, 6) is 1.89. The lowest BCUT2D eigenvalue weighted by Gasteiger charge is -2.63. The van der Waals surface area contributed by atoms with E-state index in [1.165, 1.54) is 50.5 Å². The third-order valence-corrected chi connectivity index (χ3v) is 10.3. The minimum atomic E-state index is -0.0374. The average molecular weight is 383 g/mol. The maximum absolute atomic E-state index is 12.1. The Bertz CT molecular complexity index is 788. The fraction of sp³-hybridized carbons (Fsp3) is 0.708. The number of allylic oxidation sites excluding steroid dienone is 4. The van der Waals surface area contributed by atoms with Crippen LogP contribution in [0.5, 0.6) is 0 Å². The van der Waals surface area contributed by atoms with Crippen molar-refractivity contribution >= 4 is 29.2 Å². The van der Waals surface area contributed by atoms with Gasteiger partial charge in [0.05, 0.1) is 4.86 Å². The van der Waals surface area contributed by atoms with Gasteiger partial charge in [0.25, 0.3) is 0 Å². The van der Waals surface area contributed by atoms with Crippen LogP contribution in [-0.4, -0.2) is 16.9 Å². The fourth-order valence-electron chi connectivity index (χ4n) is 8.24. The Morgan fingerprint density at radius 2 is 1.89 bits per heavy atom. The van der Waals surface area contributed by atoms with Crippen molar-refractivity contribution in [3.63, 3.8) is 0 Å². The van der Waals surface area contributed by atoms with Crippen LogP contribution in [-0.2, 0) is 9.59 Å². The van der Waals surface area contributed by atoms with Crippen LogP contribution < -0.4 is 0 Å². The zero-order valence-electron chi connectivity index (χ0n) is 16.5. The van der Waals surface area contributed by atoms with E-state index in [1.54, 1.807) is 6.08 Å². The lowest BCUT2D eigenvalue weighted by atomic mass is 9.41. The van der Waals surface area contributed by atoms with Crippen molar-refractivity contribution in [2.24, 2.45) is 39.9 Å². The highest BCUT2D eigenvalue weighted by molar-refractivity contribution is 7.81. The van der Waals surface area contributed by atoms with Crippen molar-refractivity contribution in [2.75, 3.05) is 0 Å². The molecule has 0 heterocycles. The predicted molar refractivity (Wildman–Crippen MR) is 110 cm³/mol. The summed E-state index contributed by atoms with van der Waals surface area (Å²) in [6.45, 7) is 4.89. The summed E-state index contributed by atoms with van der Waals surface area (Å²) in [7, 11) is 0. The van der Waals surface area contributed by atoms with E-state index in [9.17, 15) is 9.59 Å². The molecule has 6 atom stereocenters. The van der Waals surface area contributed by atoms with Crippen LogP contribution in [0.4, 0.5) is 0 Å². The molecule has 0 aromatic rings. The van der Waals surface area contributed by atoms with Gasteiger partial charge in [0, 0.05) is 11.3 Å². The molecule has 0 bridgehead atoms. The first-order chi connectivity index (χ1) is 12.8. The number of thiocarbonyl (C=S) groups is 1. The Hall–Kier alpha value is -1.09. The summed E-state index contributed by atoms with van der Waals surface area (Å²) < 4.78 is 0. The molecular formula is C24H30O2S. The number of hydrogen-bond donors (Lipinski definition) is 0. The SMILES string of the molecule is C[C@]12C=CC(=O)C=C1C[C@@H](C(=S)C=O)[C@@H]1[C@@H]2CC[C@@]2(C)[C@H]1CCC21CCC1. The number of carbonyl (C=O) groups excluding carboxylic acids is 2. The number of hydrogen-bond acceptors (Lipinski definition) is 3. The van der Waals surface area contributed by atoms with Crippen molar-refractivity contribution in [3.05, 3.63) is 23.8 Å². The Kier molecular flexibility index (Phi) is 3.81. The second-order valence-corrected chi connectivity index (χ2v) is 10.9. The average Bonchev–Trinajstić information content (AvgIpc) is 2.94. The smallest absolute Gasteiger partial charge is 0.178 e. The van der Waals surface area contributed by atoms with Gasteiger partial charge in [-0.15, -0.1) is 0 Å². The van der Waals surface area contributed by atoms with Crippen LogP contribution in [0.25, 0.3) is 0 Å². The lowest BCUT2D eigenvalue weighted by molar-refractivity contribution is -0.113. The number of ketones is 1. The summed E-state index contributed by atoms with van der Waals surface area (Å²) in [6, 6.07) is 0. The zero-order chi connectivity index (χ0) is 19.0. The molecule has 5 aliphatic carbocycles. The minimum Gasteiger partial charge on any atom is -0.297 e. The van der Waals surface area contributed by atoms with Crippen molar-refractivity contribution in [3.8, 4) is 0 Å². The molecule has 0 aromatic carbocycles. The second-order valence-electron chi connectivity index (χ2n) is 10.4. The van der Waals surface area contributed by atoms with Gasteiger partial charge in [0.15, 0.2) is 12.1 Å². The Morgan fingerprint density at radius 3 is 2.56 bits per heavy atom. The van der Waals surface area contributed by atoms with Crippen LogP contribution in [0, 0.1) is 39.9 Å². The van der Waals surface area contributed by atoms with Gasteiger partial charge in [-0.3, -0.25) is 9.59 Å². The van der Waals surface area contributed by atoms with Gasteiger partial charge in [-0.25, -0.2) is 0 Å². The third-order valence-electron chi connectivity index (χ3n) is 9.94. The first-order valence-corrected chi connectivity index (χ1v) is 11.2. The Balaban J connectivity index is 1.60. The van der Waals surface area contributed by atoms with E-state index >= 15 is 0 Å². The second kappa shape index (κ2) is 5.72. The van der Waals surface area contributed by atoms with Crippen LogP contribution in [0.3, 0.4) is 0 Å². The van der Waals surface area contributed by atoms with Gasteiger partial charge < -0.3 is 0 Å². The monoisotopic (exact) mass is 382 g/mol. The molecule has 1 spiro atoms. The number of rotatable bonds is 2. The molecule has 0 aliphatic heterocycles. The molecule has 144 valence electrons. The third kappa shape index (κ3) is 2.15.